The van der Waals surface area contributed by atoms with E-state index in [0.717, 1.165) is 13.1 Å². The van der Waals surface area contributed by atoms with Crippen molar-refractivity contribution < 1.29 is 13.6 Å². The molecule has 0 saturated carbocycles. The van der Waals surface area contributed by atoms with Crippen LogP contribution < -0.4 is 5.32 Å². The second-order valence-electron chi connectivity index (χ2n) is 5.75. The third-order valence-corrected chi connectivity index (χ3v) is 4.11. The van der Waals surface area contributed by atoms with Crippen molar-refractivity contribution in [1.82, 2.24) is 15.2 Å². The fraction of sp³-hybridized carbons (Fsp3) is 0.222. The summed E-state index contributed by atoms with van der Waals surface area (Å²) in [6.45, 7) is 3.00. The van der Waals surface area contributed by atoms with E-state index < -0.39 is 0 Å². The highest BCUT2D eigenvalue weighted by molar-refractivity contribution is 5.97. The van der Waals surface area contributed by atoms with Gasteiger partial charge in [-0.3, -0.25) is 4.79 Å². The molecule has 1 aromatic heterocycles. The first-order chi connectivity index (χ1) is 11.7. The Bertz CT molecular complexity index is 900. The molecule has 0 aliphatic carbocycles. The molecule has 0 spiro atoms. The third kappa shape index (κ3) is 2.76. The normalized spacial score (nSPS) is 15.0. The Kier molecular flexibility index (Phi) is 3.74. The number of hydrogen-bond donors (Lipinski definition) is 1. The summed E-state index contributed by atoms with van der Waals surface area (Å²) >= 11 is 0. The first-order valence-electron chi connectivity index (χ1n) is 7.87. The van der Waals surface area contributed by atoms with Crippen molar-refractivity contribution >= 4 is 17.0 Å². The van der Waals surface area contributed by atoms with Crippen molar-refractivity contribution in [1.29, 1.82) is 0 Å². The summed E-state index contributed by atoms with van der Waals surface area (Å²) in [5.41, 5.74) is 2.31. The highest BCUT2D eigenvalue weighted by Gasteiger charge is 2.19. The first kappa shape index (κ1) is 14.8. The van der Waals surface area contributed by atoms with E-state index in [1.165, 1.54) is 12.1 Å². The summed E-state index contributed by atoms with van der Waals surface area (Å²) in [7, 11) is 0. The number of nitrogens with one attached hydrogen (secondary N) is 1. The van der Waals surface area contributed by atoms with Crippen LogP contribution in [0, 0.1) is 5.82 Å². The van der Waals surface area contributed by atoms with Crippen molar-refractivity contribution in [2.45, 2.75) is 0 Å². The molecule has 1 saturated heterocycles. The first-order valence-corrected chi connectivity index (χ1v) is 7.87. The van der Waals surface area contributed by atoms with Gasteiger partial charge in [0.15, 0.2) is 5.58 Å². The lowest BCUT2D eigenvalue weighted by molar-refractivity contribution is 0.0736. The number of nitrogens with zero attached hydrogens (tertiary/aromatic N) is 2. The van der Waals surface area contributed by atoms with Crippen LogP contribution in [0.3, 0.4) is 0 Å². The molecule has 1 N–H and O–H groups in total. The molecule has 1 fully saturated rings. The summed E-state index contributed by atoms with van der Waals surface area (Å²) < 4.78 is 19.1. The lowest BCUT2D eigenvalue weighted by atomic mass is 10.1. The highest BCUT2D eigenvalue weighted by atomic mass is 19.1. The Morgan fingerprint density at radius 3 is 2.79 bits per heavy atom. The molecule has 1 amide bonds. The molecule has 5 nitrogen and oxygen atoms in total. The lowest BCUT2D eigenvalue weighted by Gasteiger charge is -2.27. The van der Waals surface area contributed by atoms with E-state index in [1.807, 2.05) is 4.90 Å². The zero-order valence-electron chi connectivity index (χ0n) is 13.0. The van der Waals surface area contributed by atoms with Gasteiger partial charge < -0.3 is 14.6 Å². The number of halogens is 1. The van der Waals surface area contributed by atoms with Gasteiger partial charge in [-0.05, 0) is 36.4 Å². The minimum atomic E-state index is -0.343. The molecule has 2 heterocycles. The number of fused-ring (bicyclic) bond motifs is 1. The molecule has 2 aromatic carbocycles. The van der Waals surface area contributed by atoms with Gasteiger partial charge in [0.2, 0.25) is 5.89 Å². The number of benzene rings is 2. The summed E-state index contributed by atoms with van der Waals surface area (Å²) in [5, 5.41) is 3.22. The maximum absolute atomic E-state index is 13.4. The summed E-state index contributed by atoms with van der Waals surface area (Å²) in [6.07, 6.45) is 0. The molecule has 6 heteroatoms. The van der Waals surface area contributed by atoms with Gasteiger partial charge in [0.1, 0.15) is 11.3 Å². The number of hydrogen-bond acceptors (Lipinski definition) is 4. The Morgan fingerprint density at radius 1 is 1.17 bits per heavy atom. The fourth-order valence-corrected chi connectivity index (χ4v) is 2.85. The van der Waals surface area contributed by atoms with Crippen LogP contribution in [0.1, 0.15) is 10.4 Å². The van der Waals surface area contributed by atoms with Gasteiger partial charge in [-0.25, -0.2) is 9.37 Å². The smallest absolute Gasteiger partial charge is 0.254 e. The molecule has 0 unspecified atom stereocenters. The zero-order chi connectivity index (χ0) is 16.5. The van der Waals surface area contributed by atoms with Gasteiger partial charge in [-0.2, -0.15) is 0 Å². The molecule has 4 rings (SSSR count). The fourth-order valence-electron chi connectivity index (χ4n) is 2.85. The monoisotopic (exact) mass is 325 g/mol. The van der Waals surface area contributed by atoms with Crippen LogP contribution >= 0.6 is 0 Å². The predicted molar refractivity (Wildman–Crippen MR) is 88.2 cm³/mol. The van der Waals surface area contributed by atoms with Crippen LogP contribution in [-0.2, 0) is 0 Å². The summed E-state index contributed by atoms with van der Waals surface area (Å²) in [4.78, 5) is 18.7. The lowest BCUT2D eigenvalue weighted by Crippen LogP contribution is -2.46. The van der Waals surface area contributed by atoms with Crippen LogP contribution in [0.15, 0.2) is 46.9 Å². The average molecular weight is 325 g/mol. The second kappa shape index (κ2) is 6.05. The van der Waals surface area contributed by atoms with Crippen LogP contribution in [0.5, 0.6) is 0 Å². The second-order valence-corrected chi connectivity index (χ2v) is 5.75. The van der Waals surface area contributed by atoms with Gasteiger partial charge in [0, 0.05) is 37.3 Å². The van der Waals surface area contributed by atoms with Gasteiger partial charge in [-0.1, -0.05) is 6.07 Å². The van der Waals surface area contributed by atoms with Crippen LogP contribution in [0.25, 0.3) is 22.6 Å². The van der Waals surface area contributed by atoms with E-state index in [2.05, 4.69) is 10.3 Å². The molecule has 24 heavy (non-hydrogen) atoms. The standard InChI is InChI=1S/C18H16FN3O2/c19-14-3-1-2-12(10-14)17-21-15-5-4-13(11-16(15)24-17)18(23)22-8-6-20-7-9-22/h1-5,10-11,20H,6-9H2. The van der Waals surface area contributed by atoms with Crippen LogP contribution in [-0.4, -0.2) is 42.0 Å². The maximum Gasteiger partial charge on any atom is 0.254 e. The predicted octanol–water partition coefficient (Wildman–Crippen LogP) is 2.68. The van der Waals surface area contributed by atoms with Crippen molar-refractivity contribution in [3.8, 4) is 11.5 Å². The number of aromatic nitrogens is 1. The number of oxazole rings is 1. The number of amides is 1. The van der Waals surface area contributed by atoms with E-state index in [9.17, 15) is 9.18 Å². The third-order valence-electron chi connectivity index (χ3n) is 4.11. The van der Waals surface area contributed by atoms with Crippen molar-refractivity contribution in [2.24, 2.45) is 0 Å². The molecular weight excluding hydrogens is 309 g/mol. The van der Waals surface area contributed by atoms with Crippen molar-refractivity contribution in [3.05, 3.63) is 53.8 Å². The largest absolute Gasteiger partial charge is 0.436 e. The number of carbonyl (C=O) groups excluding carboxylic acids is 1. The van der Waals surface area contributed by atoms with Gasteiger partial charge in [0.05, 0.1) is 0 Å². The Labute approximate surface area is 138 Å². The average Bonchev–Trinajstić information content (AvgIpc) is 3.05. The molecule has 1 aliphatic heterocycles. The summed E-state index contributed by atoms with van der Waals surface area (Å²) in [6, 6.07) is 11.3. The van der Waals surface area contributed by atoms with E-state index >= 15 is 0 Å². The Balaban J connectivity index is 1.67. The van der Waals surface area contributed by atoms with E-state index in [1.54, 1.807) is 30.3 Å². The Morgan fingerprint density at radius 2 is 2.00 bits per heavy atom. The number of rotatable bonds is 2. The zero-order valence-corrected chi connectivity index (χ0v) is 13.0. The molecule has 3 aromatic rings. The molecule has 1 aliphatic rings. The molecule has 0 atom stereocenters. The van der Waals surface area contributed by atoms with Gasteiger partial charge >= 0.3 is 0 Å². The maximum atomic E-state index is 13.4. The highest BCUT2D eigenvalue weighted by Crippen LogP contribution is 2.25. The minimum absolute atomic E-state index is 0.0119. The van der Waals surface area contributed by atoms with Gasteiger partial charge in [0.25, 0.3) is 5.91 Å². The quantitative estimate of drug-likeness (QED) is 0.787. The van der Waals surface area contributed by atoms with Crippen LogP contribution in [0.2, 0.25) is 0 Å². The van der Waals surface area contributed by atoms with Crippen molar-refractivity contribution in [2.75, 3.05) is 26.2 Å². The Hall–Kier alpha value is -2.73. The SMILES string of the molecule is O=C(c1ccc2nc(-c3cccc(F)c3)oc2c1)N1CCNCC1. The van der Waals surface area contributed by atoms with Gasteiger partial charge in [-0.15, -0.1) is 0 Å². The van der Waals surface area contributed by atoms with E-state index in [0.29, 0.717) is 41.2 Å². The van der Waals surface area contributed by atoms with E-state index in [-0.39, 0.29) is 11.7 Å². The topological polar surface area (TPSA) is 58.4 Å². The molecule has 0 radical (unpaired) electrons. The minimum Gasteiger partial charge on any atom is -0.436 e. The number of piperazine rings is 1. The van der Waals surface area contributed by atoms with Crippen molar-refractivity contribution in [3.63, 3.8) is 0 Å². The molecule has 122 valence electrons. The summed E-state index contributed by atoms with van der Waals surface area (Å²) in [5.74, 6) is -0.0114. The molecular formula is C18H16FN3O2. The van der Waals surface area contributed by atoms with E-state index in [4.69, 9.17) is 4.42 Å². The molecule has 0 bridgehead atoms. The number of carbonyl (C=O) groups is 1. The van der Waals surface area contributed by atoms with Crippen LogP contribution in [0.4, 0.5) is 4.39 Å².